The summed E-state index contributed by atoms with van der Waals surface area (Å²) in [5, 5.41) is 6.38. The third kappa shape index (κ3) is 3.64. The molecule has 1 aliphatic rings. The Labute approximate surface area is 129 Å². The van der Waals surface area contributed by atoms with Crippen LogP contribution in [0.25, 0.3) is 10.2 Å². The second kappa shape index (κ2) is 7.07. The zero-order chi connectivity index (χ0) is 14.5. The van der Waals surface area contributed by atoms with Gasteiger partial charge >= 0.3 is 0 Å². The van der Waals surface area contributed by atoms with Gasteiger partial charge in [-0.3, -0.25) is 0 Å². The summed E-state index contributed by atoms with van der Waals surface area (Å²) in [6, 6.07) is 2.07. The number of nitrogens with zero attached hydrogens (tertiary/aromatic N) is 2. The summed E-state index contributed by atoms with van der Waals surface area (Å²) in [6.45, 7) is 3.03. The number of ether oxygens (including phenoxy) is 1. The largest absolute Gasteiger partial charge is 0.474 e. The van der Waals surface area contributed by atoms with E-state index in [1.807, 2.05) is 0 Å². The van der Waals surface area contributed by atoms with Crippen molar-refractivity contribution in [1.29, 1.82) is 0 Å². The smallest absolute Gasteiger partial charge is 0.227 e. The van der Waals surface area contributed by atoms with E-state index in [1.54, 1.807) is 11.3 Å². The predicted molar refractivity (Wildman–Crippen MR) is 88.3 cm³/mol. The van der Waals surface area contributed by atoms with E-state index in [-0.39, 0.29) is 0 Å². The molecule has 0 bridgehead atoms. The standard InChI is InChI=1S/C16H23N3OS/c1-2-10-17-16-18-14(13-9-11-21-15(13)19-16)20-12-7-5-3-4-6-8-12/h9,11-12H,2-8,10H2,1H3,(H,17,18,19). The van der Waals surface area contributed by atoms with Gasteiger partial charge in [0.2, 0.25) is 11.8 Å². The average Bonchev–Trinajstić information content (AvgIpc) is 2.82. The van der Waals surface area contributed by atoms with Crippen LogP contribution in [0.5, 0.6) is 5.88 Å². The molecule has 0 radical (unpaired) electrons. The lowest BCUT2D eigenvalue weighted by Crippen LogP contribution is -2.16. The third-order valence-corrected chi connectivity index (χ3v) is 4.71. The maximum absolute atomic E-state index is 6.24. The van der Waals surface area contributed by atoms with Crippen LogP contribution >= 0.6 is 11.3 Å². The van der Waals surface area contributed by atoms with Gasteiger partial charge in [0.1, 0.15) is 10.9 Å². The molecule has 0 spiro atoms. The molecule has 0 atom stereocenters. The van der Waals surface area contributed by atoms with Gasteiger partial charge in [0.25, 0.3) is 0 Å². The molecule has 2 aromatic rings. The van der Waals surface area contributed by atoms with Gasteiger partial charge in [0.05, 0.1) is 5.39 Å². The van der Waals surface area contributed by atoms with E-state index < -0.39 is 0 Å². The van der Waals surface area contributed by atoms with Gasteiger partial charge < -0.3 is 10.1 Å². The summed E-state index contributed by atoms with van der Waals surface area (Å²) in [5.74, 6) is 1.45. The Morgan fingerprint density at radius 3 is 2.81 bits per heavy atom. The molecule has 0 unspecified atom stereocenters. The SMILES string of the molecule is CCCNc1nc(OC2CCCCCC2)c2ccsc2n1. The van der Waals surface area contributed by atoms with Crippen LogP contribution in [0, 0.1) is 0 Å². The van der Waals surface area contributed by atoms with Crippen molar-refractivity contribution < 1.29 is 4.74 Å². The highest BCUT2D eigenvalue weighted by atomic mass is 32.1. The minimum absolute atomic E-state index is 0.310. The van der Waals surface area contributed by atoms with E-state index in [9.17, 15) is 0 Å². The number of nitrogens with one attached hydrogen (secondary N) is 1. The van der Waals surface area contributed by atoms with E-state index in [1.165, 1.54) is 25.7 Å². The molecule has 114 valence electrons. The van der Waals surface area contributed by atoms with Gasteiger partial charge in [-0.25, -0.2) is 4.98 Å². The highest BCUT2D eigenvalue weighted by molar-refractivity contribution is 7.16. The number of rotatable bonds is 5. The highest BCUT2D eigenvalue weighted by Crippen LogP contribution is 2.30. The molecule has 2 heterocycles. The van der Waals surface area contributed by atoms with E-state index in [0.29, 0.717) is 12.1 Å². The Morgan fingerprint density at radius 1 is 1.24 bits per heavy atom. The first-order valence-electron chi connectivity index (χ1n) is 8.02. The summed E-state index contributed by atoms with van der Waals surface area (Å²) in [4.78, 5) is 10.2. The second-order valence-electron chi connectivity index (χ2n) is 5.65. The first kappa shape index (κ1) is 14.6. The van der Waals surface area contributed by atoms with Crippen LogP contribution < -0.4 is 10.1 Å². The zero-order valence-corrected chi connectivity index (χ0v) is 13.4. The zero-order valence-electron chi connectivity index (χ0n) is 12.6. The van der Waals surface area contributed by atoms with Crippen molar-refractivity contribution in [3.05, 3.63) is 11.4 Å². The van der Waals surface area contributed by atoms with Crippen LogP contribution in [0.4, 0.5) is 5.95 Å². The molecular formula is C16H23N3OS. The van der Waals surface area contributed by atoms with Crippen LogP contribution in [0.1, 0.15) is 51.9 Å². The molecule has 0 aliphatic heterocycles. The summed E-state index contributed by atoms with van der Waals surface area (Å²) >= 11 is 1.64. The normalized spacial score (nSPS) is 16.8. The summed E-state index contributed by atoms with van der Waals surface area (Å²) in [6.07, 6.45) is 8.87. The van der Waals surface area contributed by atoms with Crippen molar-refractivity contribution in [3.8, 4) is 5.88 Å². The summed E-state index contributed by atoms with van der Waals surface area (Å²) < 4.78 is 6.24. The lowest BCUT2D eigenvalue weighted by molar-refractivity contribution is 0.179. The van der Waals surface area contributed by atoms with Gasteiger partial charge in [0.15, 0.2) is 0 Å². The Morgan fingerprint density at radius 2 is 2.05 bits per heavy atom. The Kier molecular flexibility index (Phi) is 4.91. The maximum atomic E-state index is 6.24. The first-order valence-corrected chi connectivity index (χ1v) is 8.90. The number of anilines is 1. The van der Waals surface area contributed by atoms with Crippen molar-refractivity contribution in [2.24, 2.45) is 0 Å². The van der Waals surface area contributed by atoms with Crippen LogP contribution in [-0.4, -0.2) is 22.6 Å². The Bertz CT molecular complexity index is 576. The minimum Gasteiger partial charge on any atom is -0.474 e. The molecule has 2 aromatic heterocycles. The van der Waals surface area contributed by atoms with E-state index in [0.717, 1.165) is 41.9 Å². The number of thiophene rings is 1. The second-order valence-corrected chi connectivity index (χ2v) is 6.54. The number of fused-ring (bicyclic) bond motifs is 1. The summed E-state index contributed by atoms with van der Waals surface area (Å²) in [5.41, 5.74) is 0. The first-order chi connectivity index (χ1) is 10.4. The lowest BCUT2D eigenvalue weighted by Gasteiger charge is -2.17. The lowest BCUT2D eigenvalue weighted by atomic mass is 10.1. The van der Waals surface area contributed by atoms with E-state index >= 15 is 0 Å². The maximum Gasteiger partial charge on any atom is 0.227 e. The number of aromatic nitrogens is 2. The molecule has 0 amide bonds. The van der Waals surface area contributed by atoms with Crippen LogP contribution in [0.2, 0.25) is 0 Å². The van der Waals surface area contributed by atoms with Gasteiger partial charge in [-0.05, 0) is 43.6 Å². The molecule has 21 heavy (non-hydrogen) atoms. The topological polar surface area (TPSA) is 47.0 Å². The number of hydrogen-bond acceptors (Lipinski definition) is 5. The van der Waals surface area contributed by atoms with Crippen LogP contribution in [0.3, 0.4) is 0 Å². The fourth-order valence-electron chi connectivity index (χ4n) is 2.75. The molecule has 1 saturated carbocycles. The Balaban J connectivity index is 1.82. The third-order valence-electron chi connectivity index (χ3n) is 3.90. The van der Waals surface area contributed by atoms with E-state index in [2.05, 4.69) is 33.7 Å². The van der Waals surface area contributed by atoms with Crippen molar-refractivity contribution in [2.75, 3.05) is 11.9 Å². The molecule has 5 heteroatoms. The fourth-order valence-corrected chi connectivity index (χ4v) is 3.51. The molecule has 1 N–H and O–H groups in total. The van der Waals surface area contributed by atoms with Gasteiger partial charge in [-0.1, -0.05) is 19.8 Å². The highest BCUT2D eigenvalue weighted by Gasteiger charge is 2.17. The average molecular weight is 305 g/mol. The fraction of sp³-hybridized carbons (Fsp3) is 0.625. The summed E-state index contributed by atoms with van der Waals surface area (Å²) in [7, 11) is 0. The van der Waals surface area contributed by atoms with Crippen molar-refractivity contribution in [2.45, 2.75) is 58.0 Å². The minimum atomic E-state index is 0.310. The molecule has 3 rings (SSSR count). The van der Waals surface area contributed by atoms with Crippen molar-refractivity contribution in [3.63, 3.8) is 0 Å². The van der Waals surface area contributed by atoms with Gasteiger partial charge in [0, 0.05) is 6.54 Å². The molecule has 1 fully saturated rings. The van der Waals surface area contributed by atoms with Crippen LogP contribution in [0.15, 0.2) is 11.4 Å². The number of hydrogen-bond donors (Lipinski definition) is 1. The van der Waals surface area contributed by atoms with Gasteiger partial charge in [-0.2, -0.15) is 4.98 Å². The molecule has 1 aliphatic carbocycles. The molecule has 4 nitrogen and oxygen atoms in total. The predicted octanol–water partition coefficient (Wildman–Crippen LogP) is 4.61. The van der Waals surface area contributed by atoms with E-state index in [4.69, 9.17) is 4.74 Å². The monoisotopic (exact) mass is 305 g/mol. The molecular weight excluding hydrogens is 282 g/mol. The van der Waals surface area contributed by atoms with Crippen LogP contribution in [-0.2, 0) is 0 Å². The van der Waals surface area contributed by atoms with Crippen molar-refractivity contribution >= 4 is 27.5 Å². The van der Waals surface area contributed by atoms with Gasteiger partial charge in [-0.15, -0.1) is 11.3 Å². The van der Waals surface area contributed by atoms with Crippen molar-refractivity contribution in [1.82, 2.24) is 9.97 Å². The molecule has 0 saturated heterocycles. The quantitative estimate of drug-likeness (QED) is 0.819. The Hall–Kier alpha value is -1.36. The molecule has 0 aromatic carbocycles.